The lowest BCUT2D eigenvalue weighted by molar-refractivity contribution is 0.0826. The second-order valence-corrected chi connectivity index (χ2v) is 7.90. The van der Waals surface area contributed by atoms with E-state index in [-0.39, 0.29) is 12.6 Å². The number of carbonyl (C=O) groups excluding carboxylic acids is 1. The third-order valence-corrected chi connectivity index (χ3v) is 6.39. The highest BCUT2D eigenvalue weighted by Crippen LogP contribution is 2.46. The van der Waals surface area contributed by atoms with Crippen molar-refractivity contribution >= 4 is 6.03 Å². The van der Waals surface area contributed by atoms with E-state index in [1.54, 1.807) is 0 Å². The van der Waals surface area contributed by atoms with E-state index in [1.165, 1.54) is 25.7 Å². The summed E-state index contributed by atoms with van der Waals surface area (Å²) in [5.41, 5.74) is 1.91. The second kappa shape index (κ2) is 7.34. The lowest BCUT2D eigenvalue weighted by Gasteiger charge is -2.41. The van der Waals surface area contributed by atoms with Gasteiger partial charge in [0, 0.05) is 38.8 Å². The van der Waals surface area contributed by atoms with Crippen molar-refractivity contribution in [3.63, 3.8) is 0 Å². The van der Waals surface area contributed by atoms with Gasteiger partial charge in [-0.1, -0.05) is 30.7 Å². The summed E-state index contributed by atoms with van der Waals surface area (Å²) in [6.07, 6.45) is 5.69. The van der Waals surface area contributed by atoms with E-state index in [1.807, 2.05) is 29.2 Å². The van der Waals surface area contributed by atoms with Crippen molar-refractivity contribution in [2.75, 3.05) is 26.2 Å². The van der Waals surface area contributed by atoms with Crippen LogP contribution in [0.15, 0.2) is 24.3 Å². The Hall–Kier alpha value is -1.59. The van der Waals surface area contributed by atoms with Crippen molar-refractivity contribution in [2.45, 2.75) is 44.9 Å². The largest absolute Gasteiger partial charge is 0.392 e. The second-order valence-electron chi connectivity index (χ2n) is 7.90. The molecule has 2 amide bonds. The Balaban J connectivity index is 1.24. The summed E-state index contributed by atoms with van der Waals surface area (Å²) >= 11 is 0. The van der Waals surface area contributed by atoms with E-state index in [4.69, 9.17) is 0 Å². The lowest BCUT2D eigenvalue weighted by atomic mass is 9.93. The number of rotatable bonds is 4. The number of piperazine rings is 1. The first-order valence-corrected chi connectivity index (χ1v) is 9.68. The fourth-order valence-corrected chi connectivity index (χ4v) is 5.04. The third kappa shape index (κ3) is 3.67. The van der Waals surface area contributed by atoms with E-state index in [9.17, 15) is 9.90 Å². The van der Waals surface area contributed by atoms with Gasteiger partial charge in [0.15, 0.2) is 0 Å². The first kappa shape index (κ1) is 16.9. The number of benzene rings is 1. The number of nitrogens with one attached hydrogen (secondary N) is 1. The van der Waals surface area contributed by atoms with Crippen LogP contribution in [0.2, 0.25) is 0 Å². The Kier molecular flexibility index (Phi) is 4.95. The monoisotopic (exact) mass is 343 g/mol. The maximum Gasteiger partial charge on any atom is 0.317 e. The molecule has 2 bridgehead atoms. The Morgan fingerprint density at radius 1 is 1.12 bits per heavy atom. The van der Waals surface area contributed by atoms with Crippen LogP contribution in [0.25, 0.3) is 0 Å². The van der Waals surface area contributed by atoms with Gasteiger partial charge in [-0.15, -0.1) is 0 Å². The minimum Gasteiger partial charge on any atom is -0.392 e. The maximum absolute atomic E-state index is 12.4. The summed E-state index contributed by atoms with van der Waals surface area (Å²) in [6.45, 7) is 4.24. The van der Waals surface area contributed by atoms with Crippen LogP contribution in [0.5, 0.6) is 0 Å². The highest BCUT2D eigenvalue weighted by atomic mass is 16.3. The quantitative estimate of drug-likeness (QED) is 0.881. The van der Waals surface area contributed by atoms with Crippen LogP contribution in [0, 0.1) is 11.8 Å². The maximum atomic E-state index is 12.4. The summed E-state index contributed by atoms with van der Waals surface area (Å²) in [6, 6.07) is 8.54. The van der Waals surface area contributed by atoms with Crippen LogP contribution in [0.4, 0.5) is 4.79 Å². The van der Waals surface area contributed by atoms with Crippen molar-refractivity contribution in [1.82, 2.24) is 15.1 Å². The van der Waals surface area contributed by atoms with Gasteiger partial charge in [0.1, 0.15) is 0 Å². The van der Waals surface area contributed by atoms with Crippen LogP contribution in [-0.2, 0) is 13.2 Å². The molecule has 1 heterocycles. The fraction of sp³-hybridized carbons (Fsp3) is 0.650. The third-order valence-electron chi connectivity index (χ3n) is 6.39. The molecule has 0 spiro atoms. The van der Waals surface area contributed by atoms with Gasteiger partial charge in [-0.25, -0.2) is 4.79 Å². The Labute approximate surface area is 150 Å². The number of aliphatic hydroxyl groups is 1. The minimum atomic E-state index is 0.0296. The average Bonchev–Trinajstić information content (AvgIpc) is 3.30. The van der Waals surface area contributed by atoms with Crippen LogP contribution in [-0.4, -0.2) is 53.2 Å². The van der Waals surface area contributed by atoms with Crippen LogP contribution in [0.3, 0.4) is 0 Å². The van der Waals surface area contributed by atoms with Crippen molar-refractivity contribution in [3.8, 4) is 0 Å². The van der Waals surface area contributed by atoms with E-state index in [0.29, 0.717) is 6.54 Å². The number of amides is 2. The van der Waals surface area contributed by atoms with Gasteiger partial charge in [0.25, 0.3) is 0 Å². The highest BCUT2D eigenvalue weighted by molar-refractivity contribution is 5.74. The van der Waals surface area contributed by atoms with Crippen molar-refractivity contribution in [3.05, 3.63) is 35.4 Å². The lowest BCUT2D eigenvalue weighted by Crippen LogP contribution is -2.55. The van der Waals surface area contributed by atoms with Gasteiger partial charge in [0.05, 0.1) is 6.61 Å². The zero-order valence-corrected chi connectivity index (χ0v) is 14.9. The van der Waals surface area contributed by atoms with Gasteiger partial charge in [-0.2, -0.15) is 0 Å². The van der Waals surface area contributed by atoms with Gasteiger partial charge in [-0.3, -0.25) is 4.90 Å². The van der Waals surface area contributed by atoms with Crippen molar-refractivity contribution < 1.29 is 9.90 Å². The number of nitrogens with zero attached hydrogens (tertiary/aromatic N) is 2. The number of urea groups is 1. The van der Waals surface area contributed by atoms with Crippen LogP contribution in [0.1, 0.15) is 36.8 Å². The number of hydrogen-bond acceptors (Lipinski definition) is 3. The number of fused-ring (bicyclic) bond motifs is 2. The van der Waals surface area contributed by atoms with Gasteiger partial charge in [0.2, 0.25) is 0 Å². The molecule has 5 nitrogen and oxygen atoms in total. The molecule has 1 aromatic rings. The number of aliphatic hydroxyl groups excluding tert-OH is 1. The Morgan fingerprint density at radius 3 is 2.60 bits per heavy atom. The first-order valence-electron chi connectivity index (χ1n) is 9.68. The molecule has 1 saturated heterocycles. The smallest absolute Gasteiger partial charge is 0.317 e. The molecule has 3 aliphatic rings. The summed E-state index contributed by atoms with van der Waals surface area (Å²) < 4.78 is 0. The van der Waals surface area contributed by atoms with E-state index >= 15 is 0 Å². The fourth-order valence-electron chi connectivity index (χ4n) is 5.04. The molecule has 3 atom stereocenters. The highest BCUT2D eigenvalue weighted by Gasteiger charge is 2.42. The predicted molar refractivity (Wildman–Crippen MR) is 97.0 cm³/mol. The number of carbonyl (C=O) groups is 1. The molecule has 136 valence electrons. The van der Waals surface area contributed by atoms with Gasteiger partial charge >= 0.3 is 6.03 Å². The molecule has 2 saturated carbocycles. The SMILES string of the molecule is O=C(NCc1cccc(CO)c1)N1CCN([C@H]2C[C@H]3CC[C@@H]2C3)CC1. The molecule has 2 aliphatic carbocycles. The molecule has 5 heteroatoms. The van der Waals surface area contributed by atoms with E-state index < -0.39 is 0 Å². The molecule has 25 heavy (non-hydrogen) atoms. The zero-order valence-electron chi connectivity index (χ0n) is 14.9. The Morgan fingerprint density at radius 2 is 1.92 bits per heavy atom. The molecule has 3 fully saturated rings. The molecule has 4 rings (SSSR count). The van der Waals surface area contributed by atoms with Gasteiger partial charge in [-0.05, 0) is 42.2 Å². The molecular formula is C20H29N3O2. The topological polar surface area (TPSA) is 55.8 Å². The summed E-state index contributed by atoms with van der Waals surface area (Å²) in [4.78, 5) is 17.0. The van der Waals surface area contributed by atoms with Crippen LogP contribution < -0.4 is 5.32 Å². The molecular weight excluding hydrogens is 314 g/mol. The molecule has 0 unspecified atom stereocenters. The Bertz CT molecular complexity index is 613. The minimum absolute atomic E-state index is 0.0296. The average molecular weight is 343 g/mol. The summed E-state index contributed by atoms with van der Waals surface area (Å²) in [5, 5.41) is 12.2. The normalized spacial score (nSPS) is 29.2. The molecule has 1 aliphatic heterocycles. The molecule has 2 N–H and O–H groups in total. The van der Waals surface area contributed by atoms with Gasteiger partial charge < -0.3 is 15.3 Å². The predicted octanol–water partition coefficient (Wildman–Crippen LogP) is 2.19. The van der Waals surface area contributed by atoms with Crippen molar-refractivity contribution in [1.29, 1.82) is 0 Å². The number of hydrogen-bond donors (Lipinski definition) is 2. The first-order chi connectivity index (χ1) is 12.2. The van der Waals surface area contributed by atoms with E-state index in [2.05, 4.69) is 10.2 Å². The molecule has 0 aromatic heterocycles. The van der Waals surface area contributed by atoms with Crippen molar-refractivity contribution in [2.24, 2.45) is 11.8 Å². The van der Waals surface area contributed by atoms with Crippen LogP contribution >= 0.6 is 0 Å². The summed E-state index contributed by atoms with van der Waals surface area (Å²) in [7, 11) is 0. The standard InChI is InChI=1S/C20H29N3O2/c24-14-17-3-1-2-16(10-17)13-21-20(25)23-8-6-22(7-9-23)19-12-15-4-5-18(19)11-15/h1-3,10,15,18-19,24H,4-9,11-14H2,(H,21,25)/t15-,18+,19-/m0/s1. The molecule has 0 radical (unpaired) electrons. The van der Waals surface area contributed by atoms with E-state index in [0.717, 1.165) is 55.2 Å². The zero-order chi connectivity index (χ0) is 17.2. The summed E-state index contributed by atoms with van der Waals surface area (Å²) in [5.74, 6) is 1.90. The molecule has 1 aromatic carbocycles.